The molecule has 0 atom stereocenters. The Hall–Kier alpha value is -1.10. The summed E-state index contributed by atoms with van der Waals surface area (Å²) in [6.07, 6.45) is -0.321. The molecule has 0 radical (unpaired) electrons. The average Bonchev–Trinajstić information content (AvgIpc) is 2.48. The van der Waals surface area contributed by atoms with Crippen LogP contribution in [0.2, 0.25) is 0 Å². The Kier molecular flexibility index (Phi) is 3.91. The molecule has 1 aromatic rings. The van der Waals surface area contributed by atoms with Crippen molar-refractivity contribution < 1.29 is 9.53 Å². The standard InChI is InChI=1S/C11H18N2O2S/c1-8-12-9(7-16-8)6-13(5)10(14)15-11(2,3)4/h7H,6H2,1-5H3. The van der Waals surface area contributed by atoms with Crippen LogP contribution in [0.25, 0.3) is 0 Å². The summed E-state index contributed by atoms with van der Waals surface area (Å²) in [7, 11) is 1.71. The molecule has 0 fully saturated rings. The molecule has 1 amide bonds. The van der Waals surface area contributed by atoms with Gasteiger partial charge in [-0.15, -0.1) is 11.3 Å². The molecule has 0 unspecified atom stereocenters. The number of rotatable bonds is 2. The zero-order chi connectivity index (χ0) is 12.3. The van der Waals surface area contributed by atoms with E-state index in [0.717, 1.165) is 10.7 Å². The van der Waals surface area contributed by atoms with E-state index in [1.807, 2.05) is 33.1 Å². The van der Waals surface area contributed by atoms with E-state index in [-0.39, 0.29) is 6.09 Å². The molecule has 0 saturated carbocycles. The first kappa shape index (κ1) is 13.0. The minimum atomic E-state index is -0.455. The summed E-state index contributed by atoms with van der Waals surface area (Å²) in [4.78, 5) is 17.5. The monoisotopic (exact) mass is 242 g/mol. The molecule has 0 aliphatic rings. The molecule has 1 rings (SSSR count). The van der Waals surface area contributed by atoms with Crippen LogP contribution in [0, 0.1) is 6.92 Å². The molecule has 5 heteroatoms. The molecule has 90 valence electrons. The maximum Gasteiger partial charge on any atom is 0.410 e. The lowest BCUT2D eigenvalue weighted by Gasteiger charge is -2.24. The summed E-state index contributed by atoms with van der Waals surface area (Å²) >= 11 is 1.58. The maximum absolute atomic E-state index is 11.6. The topological polar surface area (TPSA) is 42.4 Å². The Morgan fingerprint density at radius 3 is 2.62 bits per heavy atom. The molecule has 1 heterocycles. The Bertz CT molecular complexity index is 368. The minimum absolute atomic E-state index is 0.321. The fourth-order valence-corrected chi connectivity index (χ4v) is 1.73. The number of carbonyl (C=O) groups excluding carboxylic acids is 1. The van der Waals surface area contributed by atoms with Crippen molar-refractivity contribution in [2.45, 2.75) is 39.8 Å². The van der Waals surface area contributed by atoms with Crippen LogP contribution >= 0.6 is 11.3 Å². The quantitative estimate of drug-likeness (QED) is 0.801. The first-order valence-corrected chi connectivity index (χ1v) is 6.01. The third kappa shape index (κ3) is 4.18. The molecule has 0 aromatic carbocycles. The van der Waals surface area contributed by atoms with E-state index in [4.69, 9.17) is 4.74 Å². The van der Waals surface area contributed by atoms with E-state index in [1.54, 1.807) is 18.4 Å². The summed E-state index contributed by atoms with van der Waals surface area (Å²) < 4.78 is 5.24. The molecule has 0 saturated heterocycles. The summed E-state index contributed by atoms with van der Waals surface area (Å²) in [6.45, 7) is 7.99. The second-order valence-electron chi connectivity index (χ2n) is 4.69. The second kappa shape index (κ2) is 4.82. The van der Waals surface area contributed by atoms with E-state index < -0.39 is 5.60 Å². The van der Waals surface area contributed by atoms with Gasteiger partial charge in [0.05, 0.1) is 17.2 Å². The van der Waals surface area contributed by atoms with Gasteiger partial charge in [0, 0.05) is 12.4 Å². The molecule has 1 aromatic heterocycles. The Balaban J connectivity index is 2.52. The summed E-state index contributed by atoms with van der Waals surface area (Å²) in [6, 6.07) is 0. The van der Waals surface area contributed by atoms with Crippen LogP contribution in [-0.4, -0.2) is 28.6 Å². The molecule has 0 N–H and O–H groups in total. The molecule has 0 aliphatic carbocycles. The van der Waals surface area contributed by atoms with Crippen LogP contribution in [0.1, 0.15) is 31.5 Å². The van der Waals surface area contributed by atoms with Gasteiger partial charge in [0.15, 0.2) is 0 Å². The van der Waals surface area contributed by atoms with Crippen LogP contribution in [0.4, 0.5) is 4.79 Å². The van der Waals surface area contributed by atoms with Crippen LogP contribution in [-0.2, 0) is 11.3 Å². The number of carbonyl (C=O) groups is 1. The lowest BCUT2D eigenvalue weighted by atomic mass is 10.2. The van der Waals surface area contributed by atoms with Crippen molar-refractivity contribution >= 4 is 17.4 Å². The lowest BCUT2D eigenvalue weighted by Crippen LogP contribution is -2.33. The Morgan fingerprint density at radius 1 is 1.56 bits per heavy atom. The van der Waals surface area contributed by atoms with Gasteiger partial charge < -0.3 is 9.64 Å². The third-order valence-electron chi connectivity index (χ3n) is 1.77. The number of ether oxygens (including phenoxy) is 1. The first-order chi connectivity index (χ1) is 7.28. The smallest absolute Gasteiger partial charge is 0.410 e. The van der Waals surface area contributed by atoms with Gasteiger partial charge in [0.2, 0.25) is 0 Å². The van der Waals surface area contributed by atoms with Gasteiger partial charge in [-0.1, -0.05) is 0 Å². The van der Waals surface area contributed by atoms with Crippen molar-refractivity contribution in [3.8, 4) is 0 Å². The summed E-state index contributed by atoms with van der Waals surface area (Å²) in [5, 5.41) is 2.96. The van der Waals surface area contributed by atoms with Gasteiger partial charge in [-0.25, -0.2) is 9.78 Å². The van der Waals surface area contributed by atoms with Crippen LogP contribution in [0.15, 0.2) is 5.38 Å². The number of hydrogen-bond donors (Lipinski definition) is 0. The van der Waals surface area contributed by atoms with Gasteiger partial charge >= 0.3 is 6.09 Å². The van der Waals surface area contributed by atoms with Gasteiger partial charge in [0.25, 0.3) is 0 Å². The first-order valence-electron chi connectivity index (χ1n) is 5.13. The maximum atomic E-state index is 11.6. The Labute approximate surface area is 100 Å². The summed E-state index contributed by atoms with van der Waals surface area (Å²) in [5.41, 5.74) is 0.444. The second-order valence-corrected chi connectivity index (χ2v) is 5.76. The van der Waals surface area contributed by atoms with Gasteiger partial charge in [-0.2, -0.15) is 0 Å². The molecule has 4 nitrogen and oxygen atoms in total. The molecule has 0 spiro atoms. The minimum Gasteiger partial charge on any atom is -0.444 e. The Morgan fingerprint density at radius 2 is 2.19 bits per heavy atom. The van der Waals surface area contributed by atoms with Gasteiger partial charge in [0.1, 0.15) is 5.60 Å². The van der Waals surface area contributed by atoms with Crippen molar-refractivity contribution in [3.05, 3.63) is 16.1 Å². The van der Waals surface area contributed by atoms with Crippen molar-refractivity contribution in [2.75, 3.05) is 7.05 Å². The highest BCUT2D eigenvalue weighted by Crippen LogP contribution is 2.13. The van der Waals surface area contributed by atoms with Gasteiger partial charge in [-0.05, 0) is 27.7 Å². The molecular formula is C11H18N2O2S. The van der Waals surface area contributed by atoms with Crippen molar-refractivity contribution in [2.24, 2.45) is 0 Å². The highest BCUT2D eigenvalue weighted by molar-refractivity contribution is 7.09. The fraction of sp³-hybridized carbons (Fsp3) is 0.636. The van der Waals surface area contributed by atoms with E-state index >= 15 is 0 Å². The number of amides is 1. The average molecular weight is 242 g/mol. The van der Waals surface area contributed by atoms with E-state index in [0.29, 0.717) is 6.54 Å². The lowest BCUT2D eigenvalue weighted by molar-refractivity contribution is 0.0283. The number of hydrogen-bond acceptors (Lipinski definition) is 4. The molecule has 0 aliphatic heterocycles. The van der Waals surface area contributed by atoms with Crippen molar-refractivity contribution in [1.82, 2.24) is 9.88 Å². The zero-order valence-corrected chi connectivity index (χ0v) is 11.2. The highest BCUT2D eigenvalue weighted by Gasteiger charge is 2.19. The number of nitrogens with zero attached hydrogens (tertiary/aromatic N) is 2. The van der Waals surface area contributed by atoms with Crippen LogP contribution in [0.3, 0.4) is 0 Å². The van der Waals surface area contributed by atoms with Crippen molar-refractivity contribution in [3.63, 3.8) is 0 Å². The SMILES string of the molecule is Cc1nc(CN(C)C(=O)OC(C)(C)C)cs1. The number of aromatic nitrogens is 1. The van der Waals surface area contributed by atoms with Crippen molar-refractivity contribution in [1.29, 1.82) is 0 Å². The molecule has 16 heavy (non-hydrogen) atoms. The predicted octanol–water partition coefficient (Wildman–Crippen LogP) is 2.82. The largest absolute Gasteiger partial charge is 0.444 e. The number of thiazole rings is 1. The number of aryl methyl sites for hydroxylation is 1. The van der Waals surface area contributed by atoms with Gasteiger partial charge in [-0.3, -0.25) is 0 Å². The summed E-state index contributed by atoms with van der Waals surface area (Å²) in [5.74, 6) is 0. The highest BCUT2D eigenvalue weighted by atomic mass is 32.1. The van der Waals surface area contributed by atoms with Crippen LogP contribution in [0.5, 0.6) is 0 Å². The molecule has 0 bridgehead atoms. The third-order valence-corrected chi connectivity index (χ3v) is 2.59. The van der Waals surface area contributed by atoms with Crippen LogP contribution < -0.4 is 0 Å². The normalized spacial score (nSPS) is 11.3. The van der Waals surface area contributed by atoms with E-state index in [9.17, 15) is 4.79 Å². The van der Waals surface area contributed by atoms with E-state index in [1.165, 1.54) is 4.90 Å². The fourth-order valence-electron chi connectivity index (χ4n) is 1.13. The molecular weight excluding hydrogens is 224 g/mol. The van der Waals surface area contributed by atoms with E-state index in [2.05, 4.69) is 4.98 Å². The zero-order valence-electron chi connectivity index (χ0n) is 10.4. The predicted molar refractivity (Wildman–Crippen MR) is 64.6 cm³/mol.